The lowest BCUT2D eigenvalue weighted by Gasteiger charge is -2.31. The number of nitrogens with zero attached hydrogens (tertiary/aromatic N) is 1. The maximum absolute atomic E-state index is 10.2. The van der Waals surface area contributed by atoms with Gasteiger partial charge in [-0.25, -0.2) is 0 Å². The quantitative estimate of drug-likeness (QED) is 0.593. The molecule has 1 saturated carbocycles. The second-order valence-corrected chi connectivity index (χ2v) is 4.31. The SMILES string of the molecule is COCCN(C)CC(O)(CN)C1CC1. The third-order valence-electron chi connectivity index (χ3n) is 2.91. The maximum atomic E-state index is 10.2. The third kappa shape index (κ3) is 3.20. The van der Waals surface area contributed by atoms with Gasteiger partial charge in [0.25, 0.3) is 0 Å². The lowest BCUT2D eigenvalue weighted by Crippen LogP contribution is -2.49. The second kappa shape index (κ2) is 5.07. The average molecular weight is 202 g/mol. The first-order valence-electron chi connectivity index (χ1n) is 5.22. The molecule has 1 fully saturated rings. The fraction of sp³-hybridized carbons (Fsp3) is 1.00. The Morgan fingerprint density at radius 1 is 1.57 bits per heavy atom. The zero-order chi connectivity index (χ0) is 10.6. The first kappa shape index (κ1) is 11.9. The molecule has 1 aliphatic carbocycles. The van der Waals surface area contributed by atoms with Gasteiger partial charge in [-0.3, -0.25) is 0 Å². The number of methoxy groups -OCH3 is 1. The van der Waals surface area contributed by atoms with Crippen LogP contribution in [-0.2, 0) is 4.74 Å². The minimum Gasteiger partial charge on any atom is -0.387 e. The minimum atomic E-state index is -0.678. The van der Waals surface area contributed by atoms with E-state index in [0.717, 1.165) is 19.4 Å². The molecule has 1 unspecified atom stereocenters. The predicted octanol–water partition coefficient (Wildman–Crippen LogP) is -0.336. The van der Waals surface area contributed by atoms with E-state index in [9.17, 15) is 5.11 Å². The molecule has 14 heavy (non-hydrogen) atoms. The standard InChI is InChI=1S/C10H22N2O2/c1-12(5-6-14-2)8-10(13,7-11)9-3-4-9/h9,13H,3-8,11H2,1-2H3. The lowest BCUT2D eigenvalue weighted by atomic mass is 9.97. The van der Waals surface area contributed by atoms with Crippen LogP contribution in [0.15, 0.2) is 0 Å². The van der Waals surface area contributed by atoms with Crippen molar-refractivity contribution in [1.82, 2.24) is 4.90 Å². The van der Waals surface area contributed by atoms with Crippen LogP contribution in [0.5, 0.6) is 0 Å². The number of ether oxygens (including phenoxy) is 1. The molecule has 1 rings (SSSR count). The molecule has 4 nitrogen and oxygen atoms in total. The Kier molecular flexibility index (Phi) is 4.31. The highest BCUT2D eigenvalue weighted by Crippen LogP contribution is 2.39. The first-order valence-corrected chi connectivity index (χ1v) is 5.22. The van der Waals surface area contributed by atoms with Crippen LogP contribution in [-0.4, -0.2) is 56.0 Å². The summed E-state index contributed by atoms with van der Waals surface area (Å²) in [5.74, 6) is 0.414. The summed E-state index contributed by atoms with van der Waals surface area (Å²) < 4.78 is 4.98. The number of nitrogens with two attached hydrogens (primary N) is 1. The molecular weight excluding hydrogens is 180 g/mol. The zero-order valence-electron chi connectivity index (χ0n) is 9.20. The van der Waals surface area contributed by atoms with Crippen molar-refractivity contribution in [3.8, 4) is 0 Å². The molecule has 0 aromatic heterocycles. The van der Waals surface area contributed by atoms with Gasteiger partial charge in [0.15, 0.2) is 0 Å². The third-order valence-corrected chi connectivity index (χ3v) is 2.91. The largest absolute Gasteiger partial charge is 0.387 e. The summed E-state index contributed by atoms with van der Waals surface area (Å²) in [4.78, 5) is 2.08. The molecule has 1 atom stereocenters. The van der Waals surface area contributed by atoms with Gasteiger partial charge >= 0.3 is 0 Å². The van der Waals surface area contributed by atoms with Gasteiger partial charge in [0, 0.05) is 26.7 Å². The van der Waals surface area contributed by atoms with E-state index in [1.807, 2.05) is 7.05 Å². The van der Waals surface area contributed by atoms with Gasteiger partial charge in [-0.05, 0) is 25.8 Å². The fourth-order valence-corrected chi connectivity index (χ4v) is 1.77. The summed E-state index contributed by atoms with van der Waals surface area (Å²) in [5, 5.41) is 10.2. The molecule has 0 spiro atoms. The highest BCUT2D eigenvalue weighted by Gasteiger charge is 2.43. The smallest absolute Gasteiger partial charge is 0.0923 e. The Balaban J connectivity index is 2.31. The maximum Gasteiger partial charge on any atom is 0.0923 e. The molecule has 4 heteroatoms. The van der Waals surface area contributed by atoms with Crippen molar-refractivity contribution >= 4 is 0 Å². The molecular formula is C10H22N2O2. The number of rotatable bonds is 7. The molecule has 0 amide bonds. The summed E-state index contributed by atoms with van der Waals surface area (Å²) in [6.45, 7) is 2.54. The van der Waals surface area contributed by atoms with Crippen molar-refractivity contribution in [2.45, 2.75) is 18.4 Å². The van der Waals surface area contributed by atoms with Gasteiger partial charge in [0.05, 0.1) is 12.2 Å². The molecule has 0 saturated heterocycles. The molecule has 3 N–H and O–H groups in total. The summed E-state index contributed by atoms with van der Waals surface area (Å²) in [5.41, 5.74) is 4.94. The van der Waals surface area contributed by atoms with E-state index in [-0.39, 0.29) is 0 Å². The first-order chi connectivity index (χ1) is 6.62. The molecule has 84 valence electrons. The van der Waals surface area contributed by atoms with E-state index in [4.69, 9.17) is 10.5 Å². The Hall–Kier alpha value is -0.160. The van der Waals surface area contributed by atoms with Crippen molar-refractivity contribution < 1.29 is 9.84 Å². The minimum absolute atomic E-state index is 0.356. The molecule has 0 bridgehead atoms. The zero-order valence-corrected chi connectivity index (χ0v) is 9.20. The monoisotopic (exact) mass is 202 g/mol. The van der Waals surface area contributed by atoms with Crippen LogP contribution in [0.1, 0.15) is 12.8 Å². The molecule has 0 aromatic carbocycles. The Bertz CT molecular complexity index is 174. The van der Waals surface area contributed by atoms with Crippen LogP contribution in [0, 0.1) is 5.92 Å². The van der Waals surface area contributed by atoms with Crippen molar-refractivity contribution in [2.24, 2.45) is 11.7 Å². The van der Waals surface area contributed by atoms with Crippen LogP contribution in [0.2, 0.25) is 0 Å². The van der Waals surface area contributed by atoms with Gasteiger partial charge < -0.3 is 20.5 Å². The van der Waals surface area contributed by atoms with Crippen LogP contribution >= 0.6 is 0 Å². The molecule has 0 radical (unpaired) electrons. The van der Waals surface area contributed by atoms with Crippen LogP contribution in [0.3, 0.4) is 0 Å². The topological polar surface area (TPSA) is 58.7 Å². The highest BCUT2D eigenvalue weighted by atomic mass is 16.5. The van der Waals surface area contributed by atoms with Gasteiger partial charge in [0.2, 0.25) is 0 Å². The second-order valence-electron chi connectivity index (χ2n) is 4.31. The van der Waals surface area contributed by atoms with E-state index in [2.05, 4.69) is 4.90 Å². The highest BCUT2D eigenvalue weighted by molar-refractivity contribution is 4.97. The van der Waals surface area contributed by atoms with Crippen LogP contribution in [0.25, 0.3) is 0 Å². The van der Waals surface area contributed by atoms with E-state index < -0.39 is 5.60 Å². The van der Waals surface area contributed by atoms with E-state index in [0.29, 0.717) is 25.6 Å². The summed E-state index contributed by atoms with van der Waals surface area (Å²) in [7, 11) is 3.67. The van der Waals surface area contributed by atoms with E-state index in [1.165, 1.54) is 0 Å². The van der Waals surface area contributed by atoms with Crippen LogP contribution < -0.4 is 5.73 Å². The van der Waals surface area contributed by atoms with Gasteiger partial charge in [-0.2, -0.15) is 0 Å². The fourth-order valence-electron chi connectivity index (χ4n) is 1.77. The van der Waals surface area contributed by atoms with Gasteiger partial charge in [-0.15, -0.1) is 0 Å². The van der Waals surface area contributed by atoms with E-state index >= 15 is 0 Å². The summed E-state index contributed by atoms with van der Waals surface area (Å²) in [6.07, 6.45) is 2.23. The van der Waals surface area contributed by atoms with Gasteiger partial charge in [0.1, 0.15) is 0 Å². The Morgan fingerprint density at radius 3 is 2.64 bits per heavy atom. The van der Waals surface area contributed by atoms with Crippen LogP contribution in [0.4, 0.5) is 0 Å². The average Bonchev–Trinajstić information content (AvgIpc) is 2.97. The molecule has 1 aliphatic rings. The Labute approximate surface area is 86.0 Å². The number of hydrogen-bond acceptors (Lipinski definition) is 4. The predicted molar refractivity (Wildman–Crippen MR) is 56.1 cm³/mol. The molecule has 0 aromatic rings. The molecule has 0 heterocycles. The van der Waals surface area contributed by atoms with E-state index in [1.54, 1.807) is 7.11 Å². The van der Waals surface area contributed by atoms with Crippen molar-refractivity contribution in [1.29, 1.82) is 0 Å². The van der Waals surface area contributed by atoms with Crippen molar-refractivity contribution in [3.05, 3.63) is 0 Å². The Morgan fingerprint density at radius 2 is 2.21 bits per heavy atom. The number of aliphatic hydroxyl groups is 1. The lowest BCUT2D eigenvalue weighted by molar-refractivity contribution is -0.00624. The van der Waals surface area contributed by atoms with Gasteiger partial charge in [-0.1, -0.05) is 0 Å². The molecule has 0 aliphatic heterocycles. The summed E-state index contributed by atoms with van der Waals surface area (Å²) in [6, 6.07) is 0. The normalized spacial score (nSPS) is 21.2. The van der Waals surface area contributed by atoms with Crippen molar-refractivity contribution in [2.75, 3.05) is 40.4 Å². The van der Waals surface area contributed by atoms with Crippen molar-refractivity contribution in [3.63, 3.8) is 0 Å². The number of likely N-dealkylation sites (N-methyl/N-ethyl adjacent to an activating group) is 1. The summed E-state index contributed by atoms with van der Waals surface area (Å²) >= 11 is 0. The number of hydrogen-bond donors (Lipinski definition) is 2.